The van der Waals surface area contributed by atoms with E-state index in [2.05, 4.69) is 12.2 Å². The molecule has 1 amide bonds. The first kappa shape index (κ1) is 18.1. The minimum Gasteiger partial charge on any atom is -0.444 e. The van der Waals surface area contributed by atoms with Crippen LogP contribution in [-0.4, -0.2) is 35.2 Å². The van der Waals surface area contributed by atoms with Gasteiger partial charge in [0.2, 0.25) is 0 Å². The van der Waals surface area contributed by atoms with Crippen molar-refractivity contribution in [3.05, 3.63) is 34.9 Å². The number of rotatable bonds is 3. The molecule has 0 spiro atoms. The van der Waals surface area contributed by atoms with Gasteiger partial charge in [0.15, 0.2) is 0 Å². The Labute approximate surface area is 144 Å². The zero-order chi connectivity index (χ0) is 17.0. The molecule has 2 rings (SSSR count). The Hall–Kier alpha value is -1.26. The molecule has 1 aliphatic heterocycles. The zero-order valence-corrected chi connectivity index (χ0v) is 15.2. The molecule has 0 saturated carbocycles. The number of nitrogens with one attached hydrogen (secondary N) is 1. The molecule has 5 heteroatoms. The predicted octanol–water partition coefficient (Wildman–Crippen LogP) is 4.22. The molecular formula is C18H27ClN2O2. The van der Waals surface area contributed by atoms with E-state index in [1.165, 1.54) is 5.56 Å². The summed E-state index contributed by atoms with van der Waals surface area (Å²) in [5.41, 5.74) is 0.775. The molecule has 4 nitrogen and oxygen atoms in total. The summed E-state index contributed by atoms with van der Waals surface area (Å²) >= 11 is 5.90. The van der Waals surface area contributed by atoms with Gasteiger partial charge < -0.3 is 15.0 Å². The maximum Gasteiger partial charge on any atom is 0.410 e. The summed E-state index contributed by atoms with van der Waals surface area (Å²) in [7, 11) is 0. The van der Waals surface area contributed by atoms with Crippen LogP contribution in [0.15, 0.2) is 24.3 Å². The Morgan fingerprint density at radius 3 is 2.57 bits per heavy atom. The Kier molecular flexibility index (Phi) is 5.93. The summed E-state index contributed by atoms with van der Waals surface area (Å²) in [6, 6.07) is 8.49. The zero-order valence-electron chi connectivity index (χ0n) is 14.4. The highest BCUT2D eigenvalue weighted by molar-refractivity contribution is 6.30. The van der Waals surface area contributed by atoms with Gasteiger partial charge in [-0.15, -0.1) is 0 Å². The van der Waals surface area contributed by atoms with Gasteiger partial charge >= 0.3 is 6.09 Å². The van der Waals surface area contributed by atoms with Gasteiger partial charge in [0.05, 0.1) is 0 Å². The average Bonchev–Trinajstić information content (AvgIpc) is 2.45. The molecule has 0 aromatic heterocycles. The largest absolute Gasteiger partial charge is 0.444 e. The van der Waals surface area contributed by atoms with E-state index in [4.69, 9.17) is 16.3 Å². The second-order valence-corrected chi connectivity index (χ2v) is 7.69. The summed E-state index contributed by atoms with van der Waals surface area (Å²) in [5, 5.41) is 4.33. The molecule has 1 N–H and O–H groups in total. The third kappa shape index (κ3) is 5.70. The monoisotopic (exact) mass is 338 g/mol. The van der Waals surface area contributed by atoms with Crippen molar-refractivity contribution in [2.45, 2.75) is 64.8 Å². The Bertz CT molecular complexity index is 525. The number of halogens is 1. The fraction of sp³-hybridized carbons (Fsp3) is 0.611. The van der Waals surface area contributed by atoms with Crippen LogP contribution in [0.25, 0.3) is 0 Å². The minimum absolute atomic E-state index is 0.182. The van der Waals surface area contributed by atoms with Crippen molar-refractivity contribution >= 4 is 17.7 Å². The summed E-state index contributed by atoms with van der Waals surface area (Å²) in [5.74, 6) is 0. The number of hydrogen-bond acceptors (Lipinski definition) is 3. The van der Waals surface area contributed by atoms with Crippen LogP contribution in [0.1, 0.15) is 46.1 Å². The Morgan fingerprint density at radius 2 is 2.00 bits per heavy atom. The van der Waals surface area contributed by atoms with Gasteiger partial charge in [-0.3, -0.25) is 0 Å². The van der Waals surface area contributed by atoms with Gasteiger partial charge in [0, 0.05) is 30.2 Å². The molecule has 1 fully saturated rings. The number of nitrogens with zero attached hydrogens (tertiary/aromatic N) is 1. The first-order valence-electron chi connectivity index (χ1n) is 8.22. The highest BCUT2D eigenvalue weighted by Crippen LogP contribution is 2.21. The Morgan fingerprint density at radius 1 is 1.35 bits per heavy atom. The third-order valence-corrected chi connectivity index (χ3v) is 4.26. The molecule has 0 aliphatic carbocycles. The topological polar surface area (TPSA) is 41.6 Å². The van der Waals surface area contributed by atoms with E-state index in [0.717, 1.165) is 31.0 Å². The molecule has 23 heavy (non-hydrogen) atoms. The fourth-order valence-electron chi connectivity index (χ4n) is 2.81. The van der Waals surface area contributed by atoms with Gasteiger partial charge in [0.25, 0.3) is 0 Å². The molecular weight excluding hydrogens is 312 g/mol. The summed E-state index contributed by atoms with van der Waals surface area (Å²) in [4.78, 5) is 14.1. The summed E-state index contributed by atoms with van der Waals surface area (Å²) in [6.45, 7) is 9.33. The standard InChI is InChI=1S/C18H27ClN2O2/c1-13-11-16(20-12-14-5-7-15(19)8-6-14)9-10-21(13)17(22)23-18(2,3)4/h5-8,13,16,20H,9-12H2,1-4H3. The van der Waals surface area contributed by atoms with Crippen molar-refractivity contribution in [2.24, 2.45) is 0 Å². The average molecular weight is 339 g/mol. The number of ether oxygens (including phenoxy) is 1. The molecule has 1 heterocycles. The number of carbonyl (C=O) groups is 1. The van der Waals surface area contributed by atoms with Gasteiger partial charge in [-0.2, -0.15) is 0 Å². The van der Waals surface area contributed by atoms with E-state index >= 15 is 0 Å². The van der Waals surface area contributed by atoms with Crippen molar-refractivity contribution in [1.29, 1.82) is 0 Å². The van der Waals surface area contributed by atoms with E-state index < -0.39 is 5.60 Å². The van der Waals surface area contributed by atoms with Gasteiger partial charge in [-0.05, 0) is 58.2 Å². The van der Waals surface area contributed by atoms with Crippen LogP contribution < -0.4 is 5.32 Å². The van der Waals surface area contributed by atoms with Gasteiger partial charge in [0.1, 0.15) is 5.60 Å². The molecule has 1 aliphatic rings. The van der Waals surface area contributed by atoms with Crippen molar-refractivity contribution in [1.82, 2.24) is 10.2 Å². The molecule has 2 atom stereocenters. The first-order valence-corrected chi connectivity index (χ1v) is 8.60. The van der Waals surface area contributed by atoms with Crippen LogP contribution in [0.5, 0.6) is 0 Å². The van der Waals surface area contributed by atoms with Crippen molar-refractivity contribution < 1.29 is 9.53 Å². The lowest BCUT2D eigenvalue weighted by molar-refractivity contribution is 0.00932. The summed E-state index contributed by atoms with van der Waals surface area (Å²) < 4.78 is 5.48. The lowest BCUT2D eigenvalue weighted by Crippen LogP contribution is -2.50. The van der Waals surface area contributed by atoms with Gasteiger partial charge in [-0.25, -0.2) is 4.79 Å². The van der Waals surface area contributed by atoms with Crippen molar-refractivity contribution in [2.75, 3.05) is 6.54 Å². The van der Waals surface area contributed by atoms with Crippen LogP contribution in [-0.2, 0) is 11.3 Å². The maximum absolute atomic E-state index is 12.2. The molecule has 0 bridgehead atoms. The quantitative estimate of drug-likeness (QED) is 0.897. The minimum atomic E-state index is -0.444. The van der Waals surface area contributed by atoms with Crippen molar-refractivity contribution in [3.8, 4) is 0 Å². The van der Waals surface area contributed by atoms with Gasteiger partial charge in [-0.1, -0.05) is 23.7 Å². The maximum atomic E-state index is 12.2. The van der Waals surface area contributed by atoms with E-state index in [9.17, 15) is 4.79 Å². The molecule has 128 valence electrons. The van der Waals surface area contributed by atoms with Crippen LogP contribution in [0.4, 0.5) is 4.79 Å². The van der Waals surface area contributed by atoms with E-state index in [-0.39, 0.29) is 12.1 Å². The number of benzene rings is 1. The molecule has 1 aromatic rings. The fourth-order valence-corrected chi connectivity index (χ4v) is 2.94. The number of hydrogen-bond donors (Lipinski definition) is 1. The highest BCUT2D eigenvalue weighted by atomic mass is 35.5. The smallest absolute Gasteiger partial charge is 0.410 e. The lowest BCUT2D eigenvalue weighted by atomic mass is 9.98. The van der Waals surface area contributed by atoms with Crippen LogP contribution >= 0.6 is 11.6 Å². The highest BCUT2D eigenvalue weighted by Gasteiger charge is 2.31. The molecule has 2 unspecified atom stereocenters. The molecule has 1 saturated heterocycles. The Balaban J connectivity index is 1.81. The van der Waals surface area contributed by atoms with E-state index in [1.54, 1.807) is 0 Å². The SMILES string of the molecule is CC1CC(NCc2ccc(Cl)cc2)CCN1C(=O)OC(C)(C)C. The second kappa shape index (κ2) is 7.54. The van der Waals surface area contributed by atoms with Crippen LogP contribution in [0, 0.1) is 0 Å². The van der Waals surface area contributed by atoms with E-state index in [1.807, 2.05) is 49.9 Å². The van der Waals surface area contributed by atoms with E-state index in [0.29, 0.717) is 6.04 Å². The second-order valence-electron chi connectivity index (χ2n) is 7.25. The van der Waals surface area contributed by atoms with Crippen LogP contribution in [0.2, 0.25) is 5.02 Å². The number of piperidine rings is 1. The van der Waals surface area contributed by atoms with Crippen molar-refractivity contribution in [3.63, 3.8) is 0 Å². The summed E-state index contributed by atoms with van der Waals surface area (Å²) in [6.07, 6.45) is 1.67. The number of amides is 1. The normalized spacial score (nSPS) is 22.0. The third-order valence-electron chi connectivity index (χ3n) is 4.01. The predicted molar refractivity (Wildman–Crippen MR) is 93.7 cm³/mol. The molecule has 1 aromatic carbocycles. The number of likely N-dealkylation sites (tertiary alicyclic amines) is 1. The van der Waals surface area contributed by atoms with Crippen LogP contribution in [0.3, 0.4) is 0 Å². The number of carbonyl (C=O) groups excluding carboxylic acids is 1. The first-order chi connectivity index (χ1) is 10.7. The lowest BCUT2D eigenvalue weighted by Gasteiger charge is -2.38. The molecule has 0 radical (unpaired) electrons.